The summed E-state index contributed by atoms with van der Waals surface area (Å²) < 4.78 is 5.12. The summed E-state index contributed by atoms with van der Waals surface area (Å²) in [5.74, 6) is 0.702. The molecule has 126 valence electrons. The van der Waals surface area contributed by atoms with E-state index in [0.29, 0.717) is 27.9 Å². The molecule has 8 heteroatoms. The van der Waals surface area contributed by atoms with Gasteiger partial charge in [0.2, 0.25) is 5.91 Å². The summed E-state index contributed by atoms with van der Waals surface area (Å²) in [6.07, 6.45) is 0.131. The van der Waals surface area contributed by atoms with Gasteiger partial charge in [0.15, 0.2) is 16.7 Å². The summed E-state index contributed by atoms with van der Waals surface area (Å²) in [6.45, 7) is 1.95. The van der Waals surface area contributed by atoms with Crippen molar-refractivity contribution in [2.45, 2.75) is 24.4 Å². The van der Waals surface area contributed by atoms with E-state index >= 15 is 0 Å². The number of hydrogen-bond donors (Lipinski definition) is 3. The number of aromatic amines is 1. The Morgan fingerprint density at radius 2 is 2.21 bits per heavy atom. The highest BCUT2D eigenvalue weighted by atomic mass is 32.2. The summed E-state index contributed by atoms with van der Waals surface area (Å²) in [5.41, 5.74) is 0.861. The lowest BCUT2D eigenvalue weighted by Crippen LogP contribution is -2.31. The number of aromatic nitrogens is 2. The molecule has 1 aliphatic rings. The van der Waals surface area contributed by atoms with Crippen LogP contribution in [0.5, 0.6) is 11.5 Å². The van der Waals surface area contributed by atoms with Gasteiger partial charge in [-0.15, -0.1) is 0 Å². The second-order valence-electron chi connectivity index (χ2n) is 5.30. The number of nitrogens with zero attached hydrogens (tertiary/aromatic N) is 1. The van der Waals surface area contributed by atoms with Crippen molar-refractivity contribution in [2.24, 2.45) is 0 Å². The maximum atomic E-state index is 12.5. The normalized spacial score (nSPS) is 16.4. The summed E-state index contributed by atoms with van der Waals surface area (Å²) in [6, 6.07) is 4.80. The van der Waals surface area contributed by atoms with Crippen molar-refractivity contribution in [1.29, 1.82) is 0 Å². The van der Waals surface area contributed by atoms with Gasteiger partial charge < -0.3 is 20.1 Å². The first-order valence-corrected chi connectivity index (χ1v) is 8.45. The number of benzene rings is 1. The van der Waals surface area contributed by atoms with Gasteiger partial charge in [-0.3, -0.25) is 9.59 Å². The molecule has 1 amide bonds. The predicted octanol–water partition coefficient (Wildman–Crippen LogP) is 2.07. The highest BCUT2D eigenvalue weighted by Crippen LogP contribution is 2.37. The number of amides is 1. The molecule has 0 saturated carbocycles. The van der Waals surface area contributed by atoms with Crippen LogP contribution in [-0.4, -0.2) is 33.8 Å². The van der Waals surface area contributed by atoms with Crippen molar-refractivity contribution in [2.75, 3.05) is 18.2 Å². The molecule has 0 radical (unpaired) electrons. The van der Waals surface area contributed by atoms with Gasteiger partial charge in [0, 0.05) is 12.3 Å². The lowest BCUT2D eigenvalue weighted by atomic mass is 9.86. The molecule has 7 nitrogen and oxygen atoms in total. The number of carbonyl (C=O) groups is 1. The number of fused-ring (bicyclic) bond motifs is 1. The number of H-pyrrole nitrogens is 1. The van der Waals surface area contributed by atoms with Crippen LogP contribution in [0.25, 0.3) is 0 Å². The van der Waals surface area contributed by atoms with Crippen LogP contribution in [0.2, 0.25) is 0 Å². The first kappa shape index (κ1) is 16.4. The van der Waals surface area contributed by atoms with Crippen molar-refractivity contribution in [3.05, 3.63) is 39.7 Å². The molecule has 0 unspecified atom stereocenters. The van der Waals surface area contributed by atoms with E-state index in [-0.39, 0.29) is 23.6 Å². The second kappa shape index (κ2) is 6.56. The Morgan fingerprint density at radius 3 is 2.92 bits per heavy atom. The average molecular weight is 347 g/mol. The van der Waals surface area contributed by atoms with Crippen molar-refractivity contribution >= 4 is 23.5 Å². The van der Waals surface area contributed by atoms with E-state index < -0.39 is 5.92 Å². The predicted molar refractivity (Wildman–Crippen MR) is 91.0 cm³/mol. The van der Waals surface area contributed by atoms with Crippen LogP contribution >= 0.6 is 11.8 Å². The average Bonchev–Trinajstić information content (AvgIpc) is 2.54. The summed E-state index contributed by atoms with van der Waals surface area (Å²) in [5, 5.41) is 12.9. The van der Waals surface area contributed by atoms with Gasteiger partial charge in [0.1, 0.15) is 5.82 Å². The molecule has 0 aliphatic carbocycles. The van der Waals surface area contributed by atoms with E-state index in [0.717, 1.165) is 5.75 Å². The standard InChI is InChI=1S/C16H17N3O4S/c1-3-24-16-18-14-13(15(22)19-16)9(7-12(21)17-14)8-4-5-10(20)11(6-8)23-2/h4-6,9,20H,3,7H2,1-2H3,(H2,17,18,19,21,22)/t9-/m0/s1. The number of carbonyl (C=O) groups excluding carboxylic acids is 1. The van der Waals surface area contributed by atoms with Crippen LogP contribution in [0.4, 0.5) is 5.82 Å². The smallest absolute Gasteiger partial charge is 0.257 e. The van der Waals surface area contributed by atoms with E-state index in [1.54, 1.807) is 12.1 Å². The topological polar surface area (TPSA) is 104 Å². The number of aromatic hydroxyl groups is 1. The molecule has 0 bridgehead atoms. The molecule has 0 spiro atoms. The number of ether oxygens (including phenoxy) is 1. The Morgan fingerprint density at radius 1 is 1.42 bits per heavy atom. The van der Waals surface area contributed by atoms with Gasteiger partial charge in [-0.1, -0.05) is 24.8 Å². The number of phenolic OH excluding ortho intramolecular Hbond substituents is 1. The Bertz CT molecular complexity index is 850. The van der Waals surface area contributed by atoms with Crippen molar-refractivity contribution in [3.63, 3.8) is 0 Å². The fourth-order valence-corrected chi connectivity index (χ4v) is 3.35. The third kappa shape index (κ3) is 2.96. The quantitative estimate of drug-likeness (QED) is 0.578. The molecular formula is C16H17N3O4S. The van der Waals surface area contributed by atoms with Gasteiger partial charge >= 0.3 is 0 Å². The van der Waals surface area contributed by atoms with E-state index in [1.807, 2.05) is 6.92 Å². The largest absolute Gasteiger partial charge is 0.504 e. The van der Waals surface area contributed by atoms with Crippen LogP contribution < -0.4 is 15.6 Å². The molecule has 1 atom stereocenters. The molecule has 3 rings (SSSR count). The number of anilines is 1. The Hall–Kier alpha value is -2.48. The van der Waals surface area contributed by atoms with Crippen LogP contribution in [0, 0.1) is 0 Å². The van der Waals surface area contributed by atoms with E-state index in [4.69, 9.17) is 4.74 Å². The van der Waals surface area contributed by atoms with Gasteiger partial charge in [-0.25, -0.2) is 4.98 Å². The SMILES string of the molecule is CCSc1nc2c(c(=O)[nH]1)[C@H](c1ccc(O)c(OC)c1)CC(=O)N2. The molecule has 3 N–H and O–H groups in total. The van der Waals surface area contributed by atoms with Gasteiger partial charge in [-0.05, 0) is 23.4 Å². The van der Waals surface area contributed by atoms with E-state index in [2.05, 4.69) is 15.3 Å². The Labute approximate surface area is 142 Å². The monoisotopic (exact) mass is 347 g/mol. The molecule has 24 heavy (non-hydrogen) atoms. The van der Waals surface area contributed by atoms with E-state index in [9.17, 15) is 14.7 Å². The van der Waals surface area contributed by atoms with Crippen molar-refractivity contribution in [1.82, 2.24) is 9.97 Å². The molecule has 0 fully saturated rings. The molecule has 1 aliphatic heterocycles. The number of rotatable bonds is 4. The number of methoxy groups -OCH3 is 1. The molecule has 1 aromatic carbocycles. The molecule has 1 aromatic heterocycles. The van der Waals surface area contributed by atoms with Gasteiger partial charge in [0.05, 0.1) is 12.7 Å². The Kier molecular flexibility index (Phi) is 4.48. The molecule has 0 saturated heterocycles. The maximum Gasteiger partial charge on any atom is 0.257 e. The molecule has 2 aromatic rings. The first-order chi connectivity index (χ1) is 11.5. The van der Waals surface area contributed by atoms with Crippen LogP contribution in [-0.2, 0) is 4.79 Å². The lowest BCUT2D eigenvalue weighted by Gasteiger charge is -2.24. The van der Waals surface area contributed by atoms with Crippen LogP contribution in [0.15, 0.2) is 28.2 Å². The number of hydrogen-bond acceptors (Lipinski definition) is 6. The maximum absolute atomic E-state index is 12.5. The third-order valence-electron chi connectivity index (χ3n) is 3.82. The Balaban J connectivity index is 2.12. The zero-order valence-electron chi connectivity index (χ0n) is 13.3. The lowest BCUT2D eigenvalue weighted by molar-refractivity contribution is -0.116. The fraction of sp³-hybridized carbons (Fsp3) is 0.312. The van der Waals surface area contributed by atoms with Crippen molar-refractivity contribution in [3.8, 4) is 11.5 Å². The zero-order chi connectivity index (χ0) is 17.3. The minimum Gasteiger partial charge on any atom is -0.504 e. The highest BCUT2D eigenvalue weighted by molar-refractivity contribution is 7.99. The summed E-state index contributed by atoms with van der Waals surface area (Å²) in [7, 11) is 1.45. The van der Waals surface area contributed by atoms with Gasteiger partial charge in [-0.2, -0.15) is 0 Å². The second-order valence-corrected chi connectivity index (χ2v) is 6.56. The van der Waals surface area contributed by atoms with Crippen LogP contribution in [0.1, 0.15) is 30.4 Å². The first-order valence-electron chi connectivity index (χ1n) is 7.47. The third-order valence-corrected chi connectivity index (χ3v) is 4.57. The van der Waals surface area contributed by atoms with E-state index in [1.165, 1.54) is 24.9 Å². The number of nitrogens with one attached hydrogen (secondary N) is 2. The van der Waals surface area contributed by atoms with Crippen molar-refractivity contribution < 1.29 is 14.6 Å². The molecule has 2 heterocycles. The number of thioether (sulfide) groups is 1. The highest BCUT2D eigenvalue weighted by Gasteiger charge is 2.31. The van der Waals surface area contributed by atoms with Crippen LogP contribution in [0.3, 0.4) is 0 Å². The van der Waals surface area contributed by atoms with Gasteiger partial charge in [0.25, 0.3) is 5.56 Å². The molecular weight excluding hydrogens is 330 g/mol. The number of phenols is 1. The minimum atomic E-state index is -0.444. The minimum absolute atomic E-state index is 0.00321. The fourth-order valence-electron chi connectivity index (χ4n) is 2.75. The zero-order valence-corrected chi connectivity index (χ0v) is 14.1. The summed E-state index contributed by atoms with van der Waals surface area (Å²) in [4.78, 5) is 31.7. The summed E-state index contributed by atoms with van der Waals surface area (Å²) >= 11 is 1.40.